The van der Waals surface area contributed by atoms with Gasteiger partial charge in [0.15, 0.2) is 5.82 Å². The number of carbonyl (C=O) groups is 1. The number of hydrogen-bond acceptors (Lipinski definition) is 4. The molecule has 0 fully saturated rings. The molecule has 0 unspecified atom stereocenters. The highest BCUT2D eigenvalue weighted by molar-refractivity contribution is 7.18. The summed E-state index contributed by atoms with van der Waals surface area (Å²) in [5, 5.41) is 16.9. The van der Waals surface area contributed by atoms with E-state index in [1.165, 1.54) is 0 Å². The fourth-order valence-corrected chi connectivity index (χ4v) is 2.35. The zero-order valence-electron chi connectivity index (χ0n) is 8.57. The van der Waals surface area contributed by atoms with Crippen molar-refractivity contribution in [2.75, 3.05) is 0 Å². The van der Waals surface area contributed by atoms with Gasteiger partial charge in [-0.25, -0.2) is 4.79 Å². The van der Waals surface area contributed by atoms with Crippen LogP contribution in [0.4, 0.5) is 0 Å². The molecule has 0 amide bonds. The molecule has 0 spiro atoms. The zero-order valence-corrected chi connectivity index (χ0v) is 9.39. The van der Waals surface area contributed by atoms with Gasteiger partial charge in [-0.15, -0.1) is 10.2 Å². The maximum absolute atomic E-state index is 10.9. The number of hydrogen-bond donors (Lipinski definition) is 1. The van der Waals surface area contributed by atoms with E-state index in [0.717, 1.165) is 16.9 Å². The number of aromatic carboxylic acids is 1. The highest BCUT2D eigenvalue weighted by Crippen LogP contribution is 2.23. The average molecular weight is 245 g/mol. The smallest absolute Gasteiger partial charge is 0.347 e. The first-order valence-corrected chi connectivity index (χ1v) is 5.70. The molecular weight excluding hydrogens is 238 g/mol. The number of benzene rings is 1. The molecule has 0 saturated heterocycles. The van der Waals surface area contributed by atoms with Gasteiger partial charge < -0.3 is 5.11 Å². The fraction of sp³-hybridized carbons (Fsp3) is 0. The van der Waals surface area contributed by atoms with E-state index in [0.29, 0.717) is 10.8 Å². The third kappa shape index (κ3) is 1.58. The maximum Gasteiger partial charge on any atom is 0.347 e. The van der Waals surface area contributed by atoms with Crippen LogP contribution < -0.4 is 0 Å². The summed E-state index contributed by atoms with van der Waals surface area (Å²) in [4.78, 5) is 11.7. The molecule has 84 valence electrons. The first kappa shape index (κ1) is 9.98. The second-order valence-electron chi connectivity index (χ2n) is 3.44. The Balaban J connectivity index is 2.21. The van der Waals surface area contributed by atoms with E-state index in [2.05, 4.69) is 10.2 Å². The fourth-order valence-electron chi connectivity index (χ4n) is 1.59. The Kier molecular flexibility index (Phi) is 2.15. The first-order chi connectivity index (χ1) is 8.25. The summed E-state index contributed by atoms with van der Waals surface area (Å²) in [5.74, 6) is -0.288. The van der Waals surface area contributed by atoms with E-state index in [9.17, 15) is 4.79 Å². The van der Waals surface area contributed by atoms with Gasteiger partial charge in [0.25, 0.3) is 0 Å². The maximum atomic E-state index is 10.9. The van der Waals surface area contributed by atoms with Crippen LogP contribution in [-0.4, -0.2) is 25.7 Å². The van der Waals surface area contributed by atoms with Crippen LogP contribution in [0.1, 0.15) is 9.67 Å². The van der Waals surface area contributed by atoms with Crippen LogP contribution >= 0.6 is 11.3 Å². The van der Waals surface area contributed by atoms with Gasteiger partial charge in [0.2, 0.25) is 4.96 Å². The Morgan fingerprint density at radius 2 is 2.00 bits per heavy atom. The van der Waals surface area contributed by atoms with Gasteiger partial charge in [-0.05, 0) is 0 Å². The number of aromatic nitrogens is 3. The Bertz CT molecular complexity index is 687. The van der Waals surface area contributed by atoms with Gasteiger partial charge in [-0.2, -0.15) is 0 Å². The molecule has 0 bridgehead atoms. The Labute approximate surface area is 100.0 Å². The molecule has 0 aliphatic rings. The third-order valence-corrected chi connectivity index (χ3v) is 3.32. The molecule has 0 aliphatic carbocycles. The van der Waals surface area contributed by atoms with Gasteiger partial charge in [-0.1, -0.05) is 41.7 Å². The summed E-state index contributed by atoms with van der Waals surface area (Å²) in [6.45, 7) is 0. The molecule has 1 N–H and O–H groups in total. The molecule has 0 atom stereocenters. The predicted molar refractivity (Wildman–Crippen MR) is 63.3 cm³/mol. The van der Waals surface area contributed by atoms with Crippen molar-refractivity contribution in [1.82, 2.24) is 14.6 Å². The summed E-state index contributed by atoms with van der Waals surface area (Å²) in [6.07, 6.45) is 1.55. The number of rotatable bonds is 2. The van der Waals surface area contributed by atoms with E-state index in [1.54, 1.807) is 10.6 Å². The van der Waals surface area contributed by atoms with Crippen LogP contribution in [0.25, 0.3) is 16.3 Å². The minimum atomic E-state index is -0.945. The largest absolute Gasteiger partial charge is 0.477 e. The number of nitrogens with zero attached hydrogens (tertiary/aromatic N) is 3. The molecule has 2 aromatic heterocycles. The summed E-state index contributed by atoms with van der Waals surface area (Å²) in [6, 6.07) is 9.54. The summed E-state index contributed by atoms with van der Waals surface area (Å²) >= 11 is 1.11. The van der Waals surface area contributed by atoms with Crippen molar-refractivity contribution in [3.05, 3.63) is 41.4 Å². The molecule has 2 heterocycles. The average Bonchev–Trinajstić information content (AvgIpc) is 2.89. The van der Waals surface area contributed by atoms with Crippen molar-refractivity contribution < 1.29 is 9.90 Å². The lowest BCUT2D eigenvalue weighted by Crippen LogP contribution is -1.92. The lowest BCUT2D eigenvalue weighted by atomic mass is 10.2. The molecule has 3 aromatic rings. The van der Waals surface area contributed by atoms with Gasteiger partial charge >= 0.3 is 5.97 Å². The first-order valence-electron chi connectivity index (χ1n) is 4.89. The van der Waals surface area contributed by atoms with Crippen molar-refractivity contribution in [2.24, 2.45) is 0 Å². The van der Waals surface area contributed by atoms with Crippen molar-refractivity contribution in [1.29, 1.82) is 0 Å². The standard InChI is InChI=1S/C11H7N3O2S/c15-10(16)8-6-14-9(12-13-11(14)17-8)7-4-2-1-3-5-7/h1-6H,(H,15,16). The van der Waals surface area contributed by atoms with E-state index >= 15 is 0 Å². The lowest BCUT2D eigenvalue weighted by molar-refractivity contribution is 0.0702. The Morgan fingerprint density at radius 3 is 2.71 bits per heavy atom. The van der Waals surface area contributed by atoms with Crippen molar-refractivity contribution in [3.63, 3.8) is 0 Å². The monoisotopic (exact) mass is 245 g/mol. The molecule has 17 heavy (non-hydrogen) atoms. The second kappa shape index (κ2) is 3.67. The molecule has 0 saturated carbocycles. The van der Waals surface area contributed by atoms with Crippen LogP contribution in [0, 0.1) is 0 Å². The topological polar surface area (TPSA) is 67.5 Å². The number of fused-ring (bicyclic) bond motifs is 1. The van der Waals surface area contributed by atoms with E-state index < -0.39 is 5.97 Å². The molecular formula is C11H7N3O2S. The van der Waals surface area contributed by atoms with Gasteiger partial charge in [0, 0.05) is 11.8 Å². The summed E-state index contributed by atoms with van der Waals surface area (Å²) in [7, 11) is 0. The van der Waals surface area contributed by atoms with Gasteiger partial charge in [0.1, 0.15) is 4.88 Å². The molecule has 5 nitrogen and oxygen atoms in total. The van der Waals surface area contributed by atoms with E-state index in [4.69, 9.17) is 5.11 Å². The predicted octanol–water partition coefficient (Wildman–Crippen LogP) is 2.16. The third-order valence-electron chi connectivity index (χ3n) is 2.35. The van der Waals surface area contributed by atoms with Gasteiger partial charge in [0.05, 0.1) is 0 Å². The van der Waals surface area contributed by atoms with Crippen LogP contribution in [0.15, 0.2) is 36.5 Å². The molecule has 0 radical (unpaired) electrons. The normalized spacial score (nSPS) is 10.8. The minimum Gasteiger partial charge on any atom is -0.477 e. The van der Waals surface area contributed by atoms with Crippen molar-refractivity contribution in [2.45, 2.75) is 0 Å². The van der Waals surface area contributed by atoms with E-state index in [1.807, 2.05) is 30.3 Å². The molecule has 6 heteroatoms. The molecule has 3 rings (SSSR count). The summed E-state index contributed by atoms with van der Waals surface area (Å²) < 4.78 is 1.70. The second-order valence-corrected chi connectivity index (χ2v) is 4.45. The van der Waals surface area contributed by atoms with Gasteiger partial charge in [-0.3, -0.25) is 4.40 Å². The minimum absolute atomic E-state index is 0.257. The number of thiazole rings is 1. The SMILES string of the molecule is O=C(O)c1cn2c(-c3ccccc3)nnc2s1. The Morgan fingerprint density at radius 1 is 1.24 bits per heavy atom. The van der Waals surface area contributed by atoms with Crippen LogP contribution in [0.2, 0.25) is 0 Å². The van der Waals surface area contributed by atoms with Crippen LogP contribution in [0.3, 0.4) is 0 Å². The molecule has 1 aromatic carbocycles. The van der Waals surface area contributed by atoms with Crippen molar-refractivity contribution >= 4 is 22.3 Å². The van der Waals surface area contributed by atoms with Crippen LogP contribution in [0.5, 0.6) is 0 Å². The van der Waals surface area contributed by atoms with Crippen molar-refractivity contribution in [3.8, 4) is 11.4 Å². The zero-order chi connectivity index (χ0) is 11.8. The number of carboxylic acids is 1. The highest BCUT2D eigenvalue weighted by Gasteiger charge is 2.14. The number of carboxylic acid groups (broad SMARTS) is 1. The summed E-state index contributed by atoms with van der Waals surface area (Å²) in [5.41, 5.74) is 0.912. The molecule has 0 aliphatic heterocycles. The Hall–Kier alpha value is -2.21. The lowest BCUT2D eigenvalue weighted by Gasteiger charge is -1.95. The van der Waals surface area contributed by atoms with Crippen LogP contribution in [-0.2, 0) is 0 Å². The quantitative estimate of drug-likeness (QED) is 0.751. The highest BCUT2D eigenvalue weighted by atomic mass is 32.1. The van der Waals surface area contributed by atoms with E-state index in [-0.39, 0.29) is 4.88 Å².